The lowest BCUT2D eigenvalue weighted by Gasteiger charge is -2.32. The van der Waals surface area contributed by atoms with Crippen molar-refractivity contribution in [2.24, 2.45) is 5.92 Å². The number of nitrogens with zero attached hydrogens (tertiary/aromatic N) is 4. The SMILES string of the molecule is CC(C)c1ccc(NC(=O)N2CCC[C@H]2C(=O)N2CC[C@H]3[C@H]2[C@H](C)C(=O)N3c2nccs2)cc1. The molecule has 0 unspecified atom stereocenters. The summed E-state index contributed by atoms with van der Waals surface area (Å²) in [7, 11) is 0. The predicted octanol–water partition coefficient (Wildman–Crippen LogP) is 3.92. The predicted molar refractivity (Wildman–Crippen MR) is 132 cm³/mol. The van der Waals surface area contributed by atoms with Crippen LogP contribution in [0.25, 0.3) is 0 Å². The number of anilines is 2. The van der Waals surface area contributed by atoms with Gasteiger partial charge in [-0.05, 0) is 42.9 Å². The second kappa shape index (κ2) is 9.02. The first-order valence-electron chi connectivity index (χ1n) is 12.1. The number of nitrogens with one attached hydrogen (secondary N) is 1. The smallest absolute Gasteiger partial charge is 0.322 e. The van der Waals surface area contributed by atoms with E-state index in [4.69, 9.17) is 0 Å². The van der Waals surface area contributed by atoms with Crippen molar-refractivity contribution in [2.75, 3.05) is 23.3 Å². The van der Waals surface area contributed by atoms with Gasteiger partial charge in [0.25, 0.3) is 0 Å². The number of rotatable bonds is 4. The van der Waals surface area contributed by atoms with Crippen molar-refractivity contribution in [1.82, 2.24) is 14.8 Å². The van der Waals surface area contributed by atoms with E-state index in [1.807, 2.05) is 41.5 Å². The van der Waals surface area contributed by atoms with E-state index in [9.17, 15) is 14.4 Å². The quantitative estimate of drug-likeness (QED) is 0.717. The van der Waals surface area contributed by atoms with Crippen LogP contribution in [0.1, 0.15) is 51.5 Å². The zero-order valence-corrected chi connectivity index (χ0v) is 20.6. The van der Waals surface area contributed by atoms with Crippen LogP contribution in [0.3, 0.4) is 0 Å². The Morgan fingerprint density at radius 3 is 2.56 bits per heavy atom. The van der Waals surface area contributed by atoms with Crippen molar-refractivity contribution >= 4 is 40.0 Å². The number of carbonyl (C=O) groups is 3. The molecule has 4 atom stereocenters. The summed E-state index contributed by atoms with van der Waals surface area (Å²) in [5, 5.41) is 5.52. The number of amides is 4. The Kier molecular flexibility index (Phi) is 6.06. The lowest BCUT2D eigenvalue weighted by molar-refractivity contribution is -0.137. The molecule has 0 spiro atoms. The number of thiazole rings is 1. The number of aromatic nitrogens is 1. The number of carbonyl (C=O) groups excluding carboxylic acids is 3. The summed E-state index contributed by atoms with van der Waals surface area (Å²) in [5.74, 6) is 0.110. The molecule has 5 rings (SSSR count). The van der Waals surface area contributed by atoms with Crippen molar-refractivity contribution in [3.05, 3.63) is 41.4 Å². The van der Waals surface area contributed by atoms with E-state index in [-0.39, 0.29) is 35.8 Å². The Morgan fingerprint density at radius 2 is 1.88 bits per heavy atom. The molecule has 3 aliphatic heterocycles. The van der Waals surface area contributed by atoms with Crippen LogP contribution in [0.2, 0.25) is 0 Å². The molecule has 2 aromatic rings. The second-order valence-corrected chi connectivity index (χ2v) is 10.6. The highest BCUT2D eigenvalue weighted by Gasteiger charge is 2.55. The minimum absolute atomic E-state index is 0.0216. The van der Waals surface area contributed by atoms with Crippen LogP contribution < -0.4 is 10.2 Å². The van der Waals surface area contributed by atoms with E-state index in [0.717, 1.165) is 18.5 Å². The van der Waals surface area contributed by atoms with Crippen LogP contribution in [0, 0.1) is 5.92 Å². The zero-order chi connectivity index (χ0) is 24.0. The van der Waals surface area contributed by atoms with Gasteiger partial charge in [0.15, 0.2) is 5.13 Å². The summed E-state index contributed by atoms with van der Waals surface area (Å²) in [4.78, 5) is 49.4. The Bertz CT molecular complexity index is 1070. The standard InChI is InChI=1S/C25H31N5O3S/c1-15(2)17-6-8-18(9-7-17)27-24(33)28-12-4-5-20(28)23(32)29-13-10-19-21(29)16(3)22(31)30(19)25-26-11-14-34-25/h6-9,11,14-16,19-21H,4-5,10,12-13H2,1-3H3,(H,27,33)/t16-,19-,20-,21+/m0/s1. The van der Waals surface area contributed by atoms with Crippen molar-refractivity contribution in [3.63, 3.8) is 0 Å². The van der Waals surface area contributed by atoms with Gasteiger partial charge in [0.2, 0.25) is 11.8 Å². The monoisotopic (exact) mass is 481 g/mol. The minimum atomic E-state index is -0.495. The lowest BCUT2D eigenvalue weighted by atomic mass is 10.0. The fraction of sp³-hybridized carbons (Fsp3) is 0.520. The van der Waals surface area contributed by atoms with Gasteiger partial charge in [-0.1, -0.05) is 32.9 Å². The molecule has 4 heterocycles. The summed E-state index contributed by atoms with van der Waals surface area (Å²) in [6, 6.07) is 6.87. The summed E-state index contributed by atoms with van der Waals surface area (Å²) < 4.78 is 0. The average molecular weight is 482 g/mol. The molecule has 34 heavy (non-hydrogen) atoms. The molecule has 8 nitrogen and oxygen atoms in total. The molecule has 9 heteroatoms. The highest BCUT2D eigenvalue weighted by molar-refractivity contribution is 7.13. The Balaban J connectivity index is 1.29. The van der Waals surface area contributed by atoms with Crippen LogP contribution in [0.5, 0.6) is 0 Å². The van der Waals surface area contributed by atoms with E-state index in [1.165, 1.54) is 16.9 Å². The molecule has 0 bridgehead atoms. The van der Waals surface area contributed by atoms with Crippen molar-refractivity contribution in [1.29, 1.82) is 0 Å². The van der Waals surface area contributed by atoms with E-state index < -0.39 is 6.04 Å². The second-order valence-electron chi connectivity index (χ2n) is 9.75. The number of benzene rings is 1. The summed E-state index contributed by atoms with van der Waals surface area (Å²) in [6.45, 7) is 7.31. The van der Waals surface area contributed by atoms with Crippen molar-refractivity contribution in [3.8, 4) is 0 Å². The van der Waals surface area contributed by atoms with Crippen molar-refractivity contribution in [2.45, 2.75) is 64.1 Å². The van der Waals surface area contributed by atoms with Crippen molar-refractivity contribution < 1.29 is 14.4 Å². The topological polar surface area (TPSA) is 85.8 Å². The third-order valence-electron chi connectivity index (χ3n) is 7.43. The van der Waals surface area contributed by atoms with E-state index in [1.54, 1.807) is 16.0 Å². The van der Waals surface area contributed by atoms with Gasteiger partial charge in [-0.3, -0.25) is 14.5 Å². The normalized spacial score (nSPS) is 26.5. The minimum Gasteiger partial charge on any atom is -0.335 e. The molecule has 4 amide bonds. The molecular formula is C25H31N5O3S. The Labute approximate surface area is 203 Å². The number of hydrogen-bond donors (Lipinski definition) is 1. The molecule has 3 aliphatic rings. The Hall–Kier alpha value is -2.94. The summed E-state index contributed by atoms with van der Waals surface area (Å²) >= 11 is 1.45. The van der Waals surface area contributed by atoms with Crippen LogP contribution in [0.4, 0.5) is 15.6 Å². The number of hydrogen-bond acceptors (Lipinski definition) is 5. The molecule has 0 radical (unpaired) electrons. The highest BCUT2D eigenvalue weighted by Crippen LogP contribution is 2.40. The van der Waals surface area contributed by atoms with Gasteiger partial charge in [0.05, 0.1) is 18.0 Å². The van der Waals surface area contributed by atoms with E-state index >= 15 is 0 Å². The maximum absolute atomic E-state index is 13.7. The van der Waals surface area contributed by atoms with Crippen LogP contribution >= 0.6 is 11.3 Å². The highest BCUT2D eigenvalue weighted by atomic mass is 32.1. The molecule has 180 valence electrons. The van der Waals surface area contributed by atoms with Gasteiger partial charge in [-0.15, -0.1) is 11.3 Å². The molecule has 0 aliphatic carbocycles. The zero-order valence-electron chi connectivity index (χ0n) is 19.8. The van der Waals surface area contributed by atoms with Crippen LogP contribution in [0.15, 0.2) is 35.8 Å². The molecule has 0 saturated carbocycles. The van der Waals surface area contributed by atoms with Gasteiger partial charge in [-0.25, -0.2) is 9.78 Å². The first kappa shape index (κ1) is 22.8. The van der Waals surface area contributed by atoms with Gasteiger partial charge in [0.1, 0.15) is 6.04 Å². The van der Waals surface area contributed by atoms with Crippen LogP contribution in [-0.4, -0.2) is 63.8 Å². The molecule has 1 aromatic carbocycles. The molecule has 3 saturated heterocycles. The van der Waals surface area contributed by atoms with E-state index in [2.05, 4.69) is 24.1 Å². The number of likely N-dealkylation sites (tertiary alicyclic amines) is 2. The molecule has 1 aromatic heterocycles. The fourth-order valence-corrected chi connectivity index (χ4v) is 6.35. The van der Waals surface area contributed by atoms with Crippen LogP contribution in [-0.2, 0) is 9.59 Å². The largest absolute Gasteiger partial charge is 0.335 e. The van der Waals surface area contributed by atoms with Gasteiger partial charge in [0, 0.05) is 30.4 Å². The third kappa shape index (κ3) is 3.85. The molecular weight excluding hydrogens is 450 g/mol. The van der Waals surface area contributed by atoms with Gasteiger partial charge >= 0.3 is 6.03 Å². The maximum Gasteiger partial charge on any atom is 0.322 e. The van der Waals surface area contributed by atoms with Gasteiger partial charge < -0.3 is 15.1 Å². The number of fused-ring (bicyclic) bond motifs is 1. The number of urea groups is 1. The molecule has 3 fully saturated rings. The summed E-state index contributed by atoms with van der Waals surface area (Å²) in [5.41, 5.74) is 1.94. The van der Waals surface area contributed by atoms with E-state index in [0.29, 0.717) is 30.6 Å². The average Bonchev–Trinajstić information content (AvgIpc) is 3.61. The van der Waals surface area contributed by atoms with Gasteiger partial charge in [-0.2, -0.15) is 0 Å². The molecule has 1 N–H and O–H groups in total. The Morgan fingerprint density at radius 1 is 1.12 bits per heavy atom. The third-order valence-corrected chi connectivity index (χ3v) is 8.20. The first-order valence-corrected chi connectivity index (χ1v) is 13.0. The summed E-state index contributed by atoms with van der Waals surface area (Å²) in [6.07, 6.45) is 3.87. The maximum atomic E-state index is 13.7. The fourth-order valence-electron chi connectivity index (χ4n) is 5.65. The lowest BCUT2D eigenvalue weighted by Crippen LogP contribution is -2.52. The first-order chi connectivity index (χ1) is 16.4.